The normalized spacial score (nSPS) is 12.8. The number of rotatable bonds is 9. The van der Waals surface area contributed by atoms with Gasteiger partial charge >= 0.3 is 0 Å². The summed E-state index contributed by atoms with van der Waals surface area (Å²) >= 11 is 4.93. The van der Waals surface area contributed by atoms with Crippen molar-refractivity contribution in [3.8, 4) is 0 Å². The van der Waals surface area contributed by atoms with Crippen molar-refractivity contribution in [1.82, 2.24) is 9.80 Å². The third-order valence-electron chi connectivity index (χ3n) is 3.23. The lowest BCUT2D eigenvalue weighted by atomic mass is 10.1. The number of likely N-dealkylation sites (N-methyl/N-ethyl adjacent to an activating group) is 1. The van der Waals surface area contributed by atoms with Gasteiger partial charge in [0.1, 0.15) is 0 Å². The van der Waals surface area contributed by atoms with Crippen LogP contribution < -0.4 is 5.73 Å². The Labute approximate surface area is 123 Å². The monoisotopic (exact) mass is 287 g/mol. The van der Waals surface area contributed by atoms with E-state index in [4.69, 9.17) is 18.0 Å². The molecule has 1 unspecified atom stereocenters. The van der Waals surface area contributed by atoms with E-state index >= 15 is 0 Å². The van der Waals surface area contributed by atoms with Crippen LogP contribution in [0.1, 0.15) is 41.0 Å². The van der Waals surface area contributed by atoms with Gasteiger partial charge in [-0.2, -0.15) is 0 Å². The summed E-state index contributed by atoms with van der Waals surface area (Å²) in [6, 6.07) is -0.114. The van der Waals surface area contributed by atoms with Gasteiger partial charge in [0.25, 0.3) is 0 Å². The first-order valence-corrected chi connectivity index (χ1v) is 7.55. The number of amides is 1. The predicted octanol–water partition coefficient (Wildman–Crippen LogP) is 1.88. The summed E-state index contributed by atoms with van der Waals surface area (Å²) in [5.41, 5.74) is 5.57. The van der Waals surface area contributed by atoms with Gasteiger partial charge in [0.2, 0.25) is 5.91 Å². The fraction of sp³-hybridized carbons (Fsp3) is 0.857. The van der Waals surface area contributed by atoms with Crippen LogP contribution in [0.3, 0.4) is 0 Å². The van der Waals surface area contributed by atoms with E-state index < -0.39 is 0 Å². The molecule has 0 aromatic carbocycles. The van der Waals surface area contributed by atoms with Crippen molar-refractivity contribution in [2.75, 3.05) is 26.2 Å². The minimum atomic E-state index is -0.114. The molecule has 0 rings (SSSR count). The second-order valence-electron chi connectivity index (χ2n) is 5.29. The minimum Gasteiger partial charge on any atom is -0.393 e. The predicted molar refractivity (Wildman–Crippen MR) is 85.2 cm³/mol. The van der Waals surface area contributed by atoms with Crippen molar-refractivity contribution >= 4 is 23.1 Å². The smallest absolute Gasteiger partial charge is 0.239 e. The lowest BCUT2D eigenvalue weighted by Crippen LogP contribution is -2.48. The minimum absolute atomic E-state index is 0.114. The molecule has 0 aromatic rings. The van der Waals surface area contributed by atoms with Gasteiger partial charge in [-0.25, -0.2) is 0 Å². The van der Waals surface area contributed by atoms with Crippen LogP contribution in [-0.4, -0.2) is 52.9 Å². The van der Waals surface area contributed by atoms with Crippen molar-refractivity contribution in [2.24, 2.45) is 11.7 Å². The topological polar surface area (TPSA) is 49.6 Å². The lowest BCUT2D eigenvalue weighted by molar-refractivity contribution is -0.136. The van der Waals surface area contributed by atoms with E-state index in [0.717, 1.165) is 26.2 Å². The highest BCUT2D eigenvalue weighted by atomic mass is 32.1. The number of nitrogens with zero attached hydrogens (tertiary/aromatic N) is 2. The second kappa shape index (κ2) is 9.26. The molecule has 112 valence electrons. The maximum atomic E-state index is 12.4. The summed E-state index contributed by atoms with van der Waals surface area (Å²) in [7, 11) is 0. The summed E-state index contributed by atoms with van der Waals surface area (Å²) in [4.78, 5) is 17.0. The number of nitrogens with two attached hydrogens (primary N) is 1. The lowest BCUT2D eigenvalue weighted by Gasteiger charge is -2.33. The van der Waals surface area contributed by atoms with Crippen LogP contribution in [0.2, 0.25) is 0 Å². The number of thiocarbonyl (C=S) groups is 1. The fourth-order valence-electron chi connectivity index (χ4n) is 2.12. The van der Waals surface area contributed by atoms with Gasteiger partial charge in [-0.15, -0.1) is 0 Å². The molecule has 0 fully saturated rings. The number of carbonyl (C=O) groups excluding carboxylic acids is 1. The zero-order valence-electron chi connectivity index (χ0n) is 13.0. The highest BCUT2D eigenvalue weighted by Gasteiger charge is 2.24. The average molecular weight is 287 g/mol. The third kappa shape index (κ3) is 6.87. The van der Waals surface area contributed by atoms with Crippen LogP contribution in [0.25, 0.3) is 0 Å². The Morgan fingerprint density at radius 3 is 2.11 bits per heavy atom. The molecule has 2 N–H and O–H groups in total. The van der Waals surface area contributed by atoms with Crippen molar-refractivity contribution in [1.29, 1.82) is 0 Å². The van der Waals surface area contributed by atoms with Crippen molar-refractivity contribution < 1.29 is 4.79 Å². The molecule has 0 radical (unpaired) electrons. The molecule has 5 heteroatoms. The van der Waals surface area contributed by atoms with Crippen LogP contribution in [0.15, 0.2) is 0 Å². The summed E-state index contributed by atoms with van der Waals surface area (Å²) < 4.78 is 0. The van der Waals surface area contributed by atoms with Crippen LogP contribution in [-0.2, 0) is 4.79 Å². The van der Waals surface area contributed by atoms with Gasteiger partial charge in [-0.05, 0) is 26.7 Å². The quantitative estimate of drug-likeness (QED) is 0.658. The molecule has 0 saturated carbocycles. The molecule has 1 amide bonds. The second-order valence-corrected chi connectivity index (χ2v) is 5.82. The Hall–Kier alpha value is -0.680. The number of hydrogen-bond acceptors (Lipinski definition) is 3. The molecule has 0 aromatic heterocycles. The van der Waals surface area contributed by atoms with Gasteiger partial charge in [-0.1, -0.05) is 26.1 Å². The Bertz CT molecular complexity index is 290. The molecule has 0 spiro atoms. The first-order chi connectivity index (χ1) is 8.83. The molecule has 4 nitrogen and oxygen atoms in total. The molecule has 19 heavy (non-hydrogen) atoms. The Kier molecular flexibility index (Phi) is 8.93. The Morgan fingerprint density at radius 1 is 1.21 bits per heavy atom. The van der Waals surface area contributed by atoms with Gasteiger partial charge in [-0.3, -0.25) is 9.69 Å². The largest absolute Gasteiger partial charge is 0.393 e. The van der Waals surface area contributed by atoms with E-state index in [0.29, 0.717) is 17.3 Å². The van der Waals surface area contributed by atoms with Crippen molar-refractivity contribution in [3.05, 3.63) is 0 Å². The van der Waals surface area contributed by atoms with Crippen LogP contribution in [0.4, 0.5) is 0 Å². The van der Waals surface area contributed by atoms with E-state index in [2.05, 4.69) is 18.7 Å². The number of carbonyl (C=O) groups is 1. The summed E-state index contributed by atoms with van der Waals surface area (Å²) in [6.07, 6.45) is 0.665. The molecule has 0 saturated heterocycles. The average Bonchev–Trinajstić information content (AvgIpc) is 2.34. The van der Waals surface area contributed by atoms with Crippen LogP contribution >= 0.6 is 12.2 Å². The number of hydrogen-bond donors (Lipinski definition) is 1. The van der Waals surface area contributed by atoms with Crippen LogP contribution in [0.5, 0.6) is 0 Å². The first kappa shape index (κ1) is 18.3. The van der Waals surface area contributed by atoms with E-state index in [9.17, 15) is 4.79 Å². The van der Waals surface area contributed by atoms with Gasteiger partial charge in [0, 0.05) is 32.6 Å². The van der Waals surface area contributed by atoms with Crippen molar-refractivity contribution in [3.63, 3.8) is 0 Å². The molecule has 0 heterocycles. The van der Waals surface area contributed by atoms with E-state index in [1.807, 2.05) is 25.7 Å². The summed E-state index contributed by atoms with van der Waals surface area (Å²) in [5.74, 6) is 0.701. The van der Waals surface area contributed by atoms with Gasteiger partial charge in [0.15, 0.2) is 0 Å². The zero-order chi connectivity index (χ0) is 15.0. The third-order valence-corrected chi connectivity index (χ3v) is 3.43. The van der Waals surface area contributed by atoms with E-state index in [1.165, 1.54) is 0 Å². The van der Waals surface area contributed by atoms with E-state index in [1.54, 1.807) is 0 Å². The van der Waals surface area contributed by atoms with Gasteiger partial charge in [0.05, 0.1) is 11.0 Å². The molecular weight excluding hydrogens is 258 g/mol. The highest BCUT2D eigenvalue weighted by Crippen LogP contribution is 2.09. The molecule has 0 aliphatic heterocycles. The highest BCUT2D eigenvalue weighted by molar-refractivity contribution is 7.80. The standard InChI is InChI=1S/C14H29N3OS/c1-6-16(7-2)14(18)12(5)17(10-11(3)4)9-8-13(15)19/h11-12H,6-10H2,1-5H3,(H2,15,19). The van der Waals surface area contributed by atoms with Gasteiger partial charge < -0.3 is 10.6 Å². The fourth-order valence-corrected chi connectivity index (χ4v) is 2.21. The van der Waals surface area contributed by atoms with Crippen LogP contribution in [0, 0.1) is 5.92 Å². The first-order valence-electron chi connectivity index (χ1n) is 7.14. The zero-order valence-corrected chi connectivity index (χ0v) is 13.8. The summed E-state index contributed by atoms with van der Waals surface area (Å²) in [5, 5.41) is 0. The molecule has 1 atom stereocenters. The molecule has 0 bridgehead atoms. The summed E-state index contributed by atoms with van der Waals surface area (Å²) in [6.45, 7) is 13.5. The van der Waals surface area contributed by atoms with Crippen molar-refractivity contribution in [2.45, 2.75) is 47.1 Å². The Morgan fingerprint density at radius 2 is 1.74 bits per heavy atom. The maximum Gasteiger partial charge on any atom is 0.239 e. The Balaban J connectivity index is 4.72. The maximum absolute atomic E-state index is 12.4. The SMILES string of the molecule is CCN(CC)C(=O)C(C)N(CCC(N)=S)CC(C)C. The molecule has 0 aliphatic carbocycles. The van der Waals surface area contributed by atoms with E-state index in [-0.39, 0.29) is 11.9 Å². The molecule has 0 aliphatic rings. The molecular formula is C14H29N3OS.